The van der Waals surface area contributed by atoms with Gasteiger partial charge >= 0.3 is 17.9 Å². The smallest absolute Gasteiger partial charge is 0.309 e. The molecule has 0 bridgehead atoms. The molecule has 1 fully saturated rings. The molecule has 0 aromatic heterocycles. The number of aliphatic carboxylic acids is 1. The highest BCUT2D eigenvalue weighted by atomic mass is 16.6. The van der Waals surface area contributed by atoms with Gasteiger partial charge in [-0.2, -0.15) is 0 Å². The summed E-state index contributed by atoms with van der Waals surface area (Å²) in [5, 5.41) is 52.2. The number of fused-ring (bicyclic) bond motifs is 1. The first-order valence-corrected chi connectivity index (χ1v) is 13.1. The molecule has 38 heavy (non-hydrogen) atoms. The lowest BCUT2D eigenvalue weighted by Crippen LogP contribution is -2.45. The first kappa shape index (κ1) is 31.9. The average molecular weight is 541 g/mol. The van der Waals surface area contributed by atoms with E-state index in [9.17, 15) is 34.8 Å². The van der Waals surface area contributed by atoms with Crippen molar-refractivity contribution in [2.24, 2.45) is 17.3 Å². The Kier molecular flexibility index (Phi) is 10.3. The van der Waals surface area contributed by atoms with Gasteiger partial charge in [0.25, 0.3) is 0 Å². The molecule has 0 unspecified atom stereocenters. The molecule has 216 valence electrons. The quantitative estimate of drug-likeness (QED) is 0.227. The summed E-state index contributed by atoms with van der Waals surface area (Å²) in [6.07, 6.45) is -0.746. The minimum absolute atomic E-state index is 0.173. The molecule has 0 radical (unpaired) electrons. The molecular weight excluding hydrogens is 496 g/mol. The van der Waals surface area contributed by atoms with Crippen LogP contribution >= 0.6 is 0 Å². The number of carbonyl (C=O) groups excluding carboxylic acids is 2. The third-order valence-corrected chi connectivity index (χ3v) is 8.24. The molecule has 0 heterocycles. The third-order valence-electron chi connectivity index (χ3n) is 8.24. The second-order valence-electron chi connectivity index (χ2n) is 12.0. The summed E-state index contributed by atoms with van der Waals surface area (Å²) in [5.41, 5.74) is -2.57. The number of aliphatic hydroxyl groups excluding tert-OH is 3. The topological polar surface area (TPSA) is 171 Å². The van der Waals surface area contributed by atoms with Crippen LogP contribution in [0.4, 0.5) is 0 Å². The summed E-state index contributed by atoms with van der Waals surface area (Å²) in [7, 11) is 0. The maximum Gasteiger partial charge on any atom is 0.309 e. The number of rotatable bonds is 8. The molecule has 0 saturated heterocycles. The van der Waals surface area contributed by atoms with Gasteiger partial charge in [0.2, 0.25) is 0 Å². The summed E-state index contributed by atoms with van der Waals surface area (Å²) < 4.78 is 10.9. The fourth-order valence-corrected chi connectivity index (χ4v) is 6.05. The Morgan fingerprint density at radius 2 is 1.74 bits per heavy atom. The van der Waals surface area contributed by atoms with E-state index in [1.807, 2.05) is 20.8 Å². The van der Waals surface area contributed by atoms with E-state index in [4.69, 9.17) is 14.6 Å². The van der Waals surface area contributed by atoms with Crippen molar-refractivity contribution in [2.45, 2.75) is 109 Å². The number of esters is 2. The Bertz CT molecular complexity index is 936. The molecule has 2 aliphatic rings. The van der Waals surface area contributed by atoms with Gasteiger partial charge < -0.3 is 35.0 Å². The number of carboxylic acids is 1. The zero-order chi connectivity index (χ0) is 29.1. The van der Waals surface area contributed by atoms with Crippen molar-refractivity contribution in [1.82, 2.24) is 0 Å². The standard InChI is InChI=1S/C28H44O10/c1-16-21(30)8-7-18(15-37-25(35)14-27(5,36)13-24(33)34)11-23(32)28(6)10-9-19(20(28)12-22(16)31)26(3,4)38-17(2)29/h11,19-23,30-32,36H,1,7-10,12-15H2,2-6H3,(H,33,34)/b18-11-/t19-,20+,21+,22-,23+,27+,28+/m1/s1. The largest absolute Gasteiger partial charge is 0.481 e. The highest BCUT2D eigenvalue weighted by Crippen LogP contribution is 2.56. The minimum atomic E-state index is -1.77. The third kappa shape index (κ3) is 8.11. The Morgan fingerprint density at radius 3 is 2.32 bits per heavy atom. The predicted molar refractivity (Wildman–Crippen MR) is 138 cm³/mol. The van der Waals surface area contributed by atoms with Gasteiger partial charge in [-0.3, -0.25) is 14.4 Å². The summed E-state index contributed by atoms with van der Waals surface area (Å²) >= 11 is 0. The van der Waals surface area contributed by atoms with E-state index in [2.05, 4.69) is 6.58 Å². The van der Waals surface area contributed by atoms with Crippen LogP contribution < -0.4 is 0 Å². The van der Waals surface area contributed by atoms with Gasteiger partial charge in [0, 0.05) is 18.3 Å². The highest BCUT2D eigenvalue weighted by molar-refractivity contribution is 5.74. The minimum Gasteiger partial charge on any atom is -0.481 e. The number of hydrogen-bond acceptors (Lipinski definition) is 9. The number of carbonyl (C=O) groups is 3. The molecule has 0 amide bonds. The summed E-state index contributed by atoms with van der Waals surface area (Å²) in [6, 6.07) is 0. The summed E-state index contributed by atoms with van der Waals surface area (Å²) in [4.78, 5) is 35.0. The molecule has 0 spiro atoms. The van der Waals surface area contributed by atoms with E-state index in [1.54, 1.807) is 6.08 Å². The van der Waals surface area contributed by atoms with Gasteiger partial charge in [0.15, 0.2) is 0 Å². The number of ether oxygens (including phenoxy) is 2. The highest BCUT2D eigenvalue weighted by Gasteiger charge is 2.54. The second kappa shape index (κ2) is 12.3. The Morgan fingerprint density at radius 1 is 1.11 bits per heavy atom. The van der Waals surface area contributed by atoms with Crippen molar-refractivity contribution in [3.8, 4) is 0 Å². The van der Waals surface area contributed by atoms with Gasteiger partial charge in [-0.1, -0.05) is 19.6 Å². The van der Waals surface area contributed by atoms with Gasteiger partial charge in [-0.15, -0.1) is 0 Å². The van der Waals surface area contributed by atoms with E-state index < -0.39 is 65.7 Å². The fourth-order valence-electron chi connectivity index (χ4n) is 6.05. The van der Waals surface area contributed by atoms with Crippen LogP contribution in [0.3, 0.4) is 0 Å². The van der Waals surface area contributed by atoms with Crippen molar-refractivity contribution >= 4 is 17.9 Å². The molecular formula is C28H44O10. The van der Waals surface area contributed by atoms with Crippen LogP contribution in [0.2, 0.25) is 0 Å². The molecule has 0 aromatic rings. The van der Waals surface area contributed by atoms with Crippen molar-refractivity contribution in [3.63, 3.8) is 0 Å². The fraction of sp³-hybridized carbons (Fsp3) is 0.750. The Hall–Kier alpha value is -2.27. The summed E-state index contributed by atoms with van der Waals surface area (Å²) in [5.74, 6) is -2.95. The average Bonchev–Trinajstić information content (AvgIpc) is 3.09. The zero-order valence-electron chi connectivity index (χ0n) is 23.1. The predicted octanol–water partition coefficient (Wildman–Crippen LogP) is 2.27. The Labute approximate surface area is 224 Å². The van der Waals surface area contributed by atoms with Crippen LogP contribution in [-0.4, -0.2) is 79.6 Å². The first-order valence-electron chi connectivity index (χ1n) is 13.1. The molecule has 5 N–H and O–H groups in total. The van der Waals surface area contributed by atoms with Crippen LogP contribution in [0.5, 0.6) is 0 Å². The van der Waals surface area contributed by atoms with Gasteiger partial charge in [-0.05, 0) is 69.9 Å². The molecule has 0 aromatic carbocycles. The SMILES string of the molecule is C=C1[C@H](O)C[C@H]2[C@H](C(C)(C)OC(C)=O)CC[C@]2(C)[C@@H](O)/C=C(\COC(=O)C[C@@](C)(O)CC(=O)O)CC[C@@H]1O. The maximum absolute atomic E-state index is 12.3. The lowest BCUT2D eigenvalue weighted by Gasteiger charge is -2.43. The first-order chi connectivity index (χ1) is 17.4. The van der Waals surface area contributed by atoms with Crippen LogP contribution in [0, 0.1) is 17.3 Å². The molecule has 10 heteroatoms. The van der Waals surface area contributed by atoms with Crippen LogP contribution in [0.1, 0.15) is 79.6 Å². The van der Waals surface area contributed by atoms with Crippen molar-refractivity contribution in [1.29, 1.82) is 0 Å². The lowest BCUT2D eigenvalue weighted by atomic mass is 9.67. The van der Waals surface area contributed by atoms with Crippen molar-refractivity contribution < 1.29 is 49.4 Å². The Balaban J connectivity index is 2.34. The van der Waals surface area contributed by atoms with Crippen LogP contribution in [0.25, 0.3) is 0 Å². The number of aliphatic hydroxyl groups is 4. The number of carboxylic acid groups (broad SMARTS) is 1. The molecule has 7 atom stereocenters. The van der Waals surface area contributed by atoms with Gasteiger partial charge in [-0.25, -0.2) is 0 Å². The lowest BCUT2D eigenvalue weighted by molar-refractivity contribution is -0.162. The van der Waals surface area contributed by atoms with E-state index in [0.717, 1.165) is 0 Å². The van der Waals surface area contributed by atoms with Crippen LogP contribution in [-0.2, 0) is 23.9 Å². The molecule has 10 nitrogen and oxygen atoms in total. The monoisotopic (exact) mass is 540 g/mol. The second-order valence-corrected chi connectivity index (χ2v) is 12.0. The van der Waals surface area contributed by atoms with E-state index in [0.29, 0.717) is 18.4 Å². The normalized spacial score (nSPS) is 33.7. The zero-order valence-corrected chi connectivity index (χ0v) is 23.1. The van der Waals surface area contributed by atoms with Gasteiger partial charge in [0.1, 0.15) is 12.2 Å². The molecule has 2 aliphatic carbocycles. The number of hydrogen-bond donors (Lipinski definition) is 5. The van der Waals surface area contributed by atoms with E-state index in [-0.39, 0.29) is 43.3 Å². The molecule has 0 aliphatic heterocycles. The summed E-state index contributed by atoms with van der Waals surface area (Å²) in [6.45, 7) is 11.8. The van der Waals surface area contributed by atoms with Crippen molar-refractivity contribution in [2.75, 3.05) is 6.61 Å². The van der Waals surface area contributed by atoms with Gasteiger partial charge in [0.05, 0.1) is 36.8 Å². The van der Waals surface area contributed by atoms with Crippen molar-refractivity contribution in [3.05, 3.63) is 23.8 Å². The maximum atomic E-state index is 12.3. The molecule has 2 rings (SSSR count). The molecule has 1 saturated carbocycles. The van der Waals surface area contributed by atoms with E-state index >= 15 is 0 Å². The van der Waals surface area contributed by atoms with Crippen LogP contribution in [0.15, 0.2) is 23.8 Å². The van der Waals surface area contributed by atoms with E-state index in [1.165, 1.54) is 13.8 Å².